The van der Waals surface area contributed by atoms with Gasteiger partial charge in [0.05, 0.1) is 5.56 Å². The second-order valence-corrected chi connectivity index (χ2v) is 8.75. The summed E-state index contributed by atoms with van der Waals surface area (Å²) in [6.07, 6.45) is 7.21. The maximum Gasteiger partial charge on any atom is 0.335 e. The molecule has 0 spiro atoms. The molecule has 1 aliphatic heterocycles. The van der Waals surface area contributed by atoms with Crippen molar-refractivity contribution in [2.75, 3.05) is 13.1 Å². The van der Waals surface area contributed by atoms with Crippen LogP contribution in [-0.2, 0) is 0 Å². The lowest BCUT2D eigenvalue weighted by atomic mass is 9.79. The Hall–Kier alpha value is -2.76. The molecule has 1 aromatic rings. The van der Waals surface area contributed by atoms with Crippen LogP contribution in [0.25, 0.3) is 6.08 Å². The van der Waals surface area contributed by atoms with E-state index < -0.39 is 5.97 Å². The number of hydrogen-bond acceptors (Lipinski definition) is 5. The zero-order valence-electron chi connectivity index (χ0n) is 17.0. The SMILES string of the molecule is CC1(C)CCC(C)(C)CN=C(C(/C=C/c2ccc(C(=O)O)cc2)=N/O)C=NC1. The Balaban J connectivity index is 2.25. The number of carbonyl (C=O) groups is 1. The summed E-state index contributed by atoms with van der Waals surface area (Å²) >= 11 is 0. The van der Waals surface area contributed by atoms with Crippen molar-refractivity contribution in [3.8, 4) is 0 Å². The molecule has 1 heterocycles. The van der Waals surface area contributed by atoms with Crippen molar-refractivity contribution in [1.29, 1.82) is 0 Å². The van der Waals surface area contributed by atoms with Gasteiger partial charge in [-0.1, -0.05) is 51.1 Å². The second kappa shape index (κ2) is 8.95. The first-order valence-electron chi connectivity index (χ1n) is 9.40. The summed E-state index contributed by atoms with van der Waals surface area (Å²) in [5, 5.41) is 21.9. The van der Waals surface area contributed by atoms with Crippen LogP contribution in [0.3, 0.4) is 0 Å². The lowest BCUT2D eigenvalue weighted by Gasteiger charge is -2.30. The molecule has 28 heavy (non-hydrogen) atoms. The average Bonchev–Trinajstić information content (AvgIpc) is 2.64. The van der Waals surface area contributed by atoms with Crippen LogP contribution < -0.4 is 0 Å². The second-order valence-electron chi connectivity index (χ2n) is 8.75. The topological polar surface area (TPSA) is 94.6 Å². The maximum absolute atomic E-state index is 10.9. The van der Waals surface area contributed by atoms with Gasteiger partial charge in [-0.2, -0.15) is 0 Å². The van der Waals surface area contributed by atoms with Gasteiger partial charge in [-0.05, 0) is 47.4 Å². The highest BCUT2D eigenvalue weighted by Crippen LogP contribution is 2.31. The predicted molar refractivity (Wildman–Crippen MR) is 114 cm³/mol. The molecule has 0 atom stereocenters. The molecule has 0 unspecified atom stereocenters. The average molecular weight is 383 g/mol. The van der Waals surface area contributed by atoms with Crippen molar-refractivity contribution in [2.24, 2.45) is 26.0 Å². The first-order valence-corrected chi connectivity index (χ1v) is 9.40. The lowest BCUT2D eigenvalue weighted by molar-refractivity contribution is 0.0697. The number of aliphatic imine (C=N–C) groups is 2. The van der Waals surface area contributed by atoms with E-state index in [1.54, 1.807) is 30.5 Å². The first-order chi connectivity index (χ1) is 13.1. The molecule has 0 saturated heterocycles. The molecule has 2 rings (SSSR count). The highest BCUT2D eigenvalue weighted by molar-refractivity contribution is 6.65. The normalized spacial score (nSPS) is 20.0. The van der Waals surface area contributed by atoms with E-state index in [9.17, 15) is 10.0 Å². The molecule has 1 aliphatic rings. The summed E-state index contributed by atoms with van der Waals surface area (Å²) in [6.45, 7) is 10.1. The van der Waals surface area contributed by atoms with Crippen LogP contribution in [0.4, 0.5) is 0 Å². The molecule has 6 heteroatoms. The monoisotopic (exact) mass is 383 g/mol. The number of oxime groups is 1. The van der Waals surface area contributed by atoms with Crippen molar-refractivity contribution < 1.29 is 15.1 Å². The fourth-order valence-electron chi connectivity index (χ4n) is 2.78. The minimum atomic E-state index is -0.967. The van der Waals surface area contributed by atoms with Crippen molar-refractivity contribution in [2.45, 2.75) is 40.5 Å². The van der Waals surface area contributed by atoms with Crippen LogP contribution in [0, 0.1) is 10.8 Å². The third kappa shape index (κ3) is 6.44. The van der Waals surface area contributed by atoms with Crippen LogP contribution in [0.15, 0.2) is 45.5 Å². The van der Waals surface area contributed by atoms with Gasteiger partial charge in [-0.15, -0.1) is 0 Å². The Kier molecular flexibility index (Phi) is 6.89. The molecule has 1 aromatic carbocycles. The fourth-order valence-corrected chi connectivity index (χ4v) is 2.78. The molecule has 0 aliphatic carbocycles. The van der Waals surface area contributed by atoms with Gasteiger partial charge in [-0.3, -0.25) is 9.98 Å². The third-order valence-corrected chi connectivity index (χ3v) is 4.85. The third-order valence-electron chi connectivity index (χ3n) is 4.85. The fraction of sp³-hybridized carbons (Fsp3) is 0.455. The molecule has 2 N–H and O–H groups in total. The molecule has 0 bridgehead atoms. The summed E-state index contributed by atoms with van der Waals surface area (Å²) in [4.78, 5) is 20.1. The zero-order valence-corrected chi connectivity index (χ0v) is 17.0. The largest absolute Gasteiger partial charge is 0.478 e. The standard InChI is InChI=1S/C22H29N3O3/c1-21(2)11-12-22(3,4)15-24-19(13-23-14-21)18(25-28)10-7-16-5-8-17(9-6-16)20(26)27/h5-10,13,28H,11-12,14-15H2,1-4H3,(H,26,27)/b10-7+,23-13?,24-19?,25-18+. The van der Waals surface area contributed by atoms with Gasteiger partial charge in [0.2, 0.25) is 0 Å². The summed E-state index contributed by atoms with van der Waals surface area (Å²) in [6, 6.07) is 6.46. The lowest BCUT2D eigenvalue weighted by Crippen LogP contribution is -2.26. The Bertz CT molecular complexity index is 816. The van der Waals surface area contributed by atoms with Crippen molar-refractivity contribution in [1.82, 2.24) is 0 Å². The minimum Gasteiger partial charge on any atom is -0.478 e. The van der Waals surface area contributed by atoms with Crippen molar-refractivity contribution >= 4 is 29.7 Å². The minimum absolute atomic E-state index is 0.0463. The predicted octanol–water partition coefficient (Wildman–Crippen LogP) is 4.59. The van der Waals surface area contributed by atoms with Gasteiger partial charge in [-0.25, -0.2) is 4.79 Å². The molecule has 0 radical (unpaired) electrons. The number of hydrogen-bond donors (Lipinski definition) is 2. The molecule has 0 aromatic heterocycles. The Labute approximate surface area is 166 Å². The van der Waals surface area contributed by atoms with E-state index in [1.165, 1.54) is 12.1 Å². The van der Waals surface area contributed by atoms with Gasteiger partial charge in [0.1, 0.15) is 11.4 Å². The molecular weight excluding hydrogens is 354 g/mol. The van der Waals surface area contributed by atoms with Crippen LogP contribution in [0.5, 0.6) is 0 Å². The van der Waals surface area contributed by atoms with E-state index in [2.05, 4.69) is 42.8 Å². The molecule has 0 amide bonds. The first kappa shape index (κ1) is 21.5. The summed E-state index contributed by atoms with van der Waals surface area (Å²) < 4.78 is 0. The van der Waals surface area contributed by atoms with Crippen molar-refractivity contribution in [3.63, 3.8) is 0 Å². The number of aromatic carboxylic acids is 1. The number of benzene rings is 1. The van der Waals surface area contributed by atoms with Gasteiger partial charge in [0.25, 0.3) is 0 Å². The van der Waals surface area contributed by atoms with Crippen LogP contribution in [0.1, 0.15) is 56.5 Å². The van der Waals surface area contributed by atoms with E-state index in [4.69, 9.17) is 5.11 Å². The van der Waals surface area contributed by atoms with Gasteiger partial charge in [0.15, 0.2) is 0 Å². The van der Waals surface area contributed by atoms with Crippen LogP contribution >= 0.6 is 0 Å². The highest BCUT2D eigenvalue weighted by Gasteiger charge is 2.25. The van der Waals surface area contributed by atoms with E-state index in [1.807, 2.05) is 0 Å². The molecule has 0 fully saturated rings. The van der Waals surface area contributed by atoms with Crippen molar-refractivity contribution in [3.05, 3.63) is 41.5 Å². The number of nitrogens with zero attached hydrogens (tertiary/aromatic N) is 3. The number of rotatable bonds is 4. The van der Waals surface area contributed by atoms with Gasteiger partial charge < -0.3 is 10.3 Å². The zero-order chi connectivity index (χ0) is 20.8. The number of carboxylic acids is 1. The van der Waals surface area contributed by atoms with Gasteiger partial charge in [0, 0.05) is 19.3 Å². The van der Waals surface area contributed by atoms with E-state index in [-0.39, 0.29) is 16.4 Å². The molecular formula is C22H29N3O3. The van der Waals surface area contributed by atoms with E-state index in [0.29, 0.717) is 24.5 Å². The molecule has 6 nitrogen and oxygen atoms in total. The molecule has 150 valence electrons. The number of carboxylic acid groups (broad SMARTS) is 1. The van der Waals surface area contributed by atoms with Gasteiger partial charge >= 0.3 is 5.97 Å². The highest BCUT2D eigenvalue weighted by atomic mass is 16.4. The number of allylic oxidation sites excluding steroid dienone is 1. The van der Waals surface area contributed by atoms with E-state index >= 15 is 0 Å². The molecule has 0 saturated carbocycles. The Morgan fingerprint density at radius 2 is 1.68 bits per heavy atom. The Morgan fingerprint density at radius 1 is 1.07 bits per heavy atom. The quantitative estimate of drug-likeness (QED) is 0.452. The summed E-state index contributed by atoms with van der Waals surface area (Å²) in [5.41, 5.74) is 2.03. The van der Waals surface area contributed by atoms with E-state index in [0.717, 1.165) is 18.4 Å². The summed E-state index contributed by atoms with van der Waals surface area (Å²) in [5.74, 6) is -0.967. The summed E-state index contributed by atoms with van der Waals surface area (Å²) in [7, 11) is 0. The smallest absolute Gasteiger partial charge is 0.335 e. The van der Waals surface area contributed by atoms with Crippen LogP contribution in [0.2, 0.25) is 0 Å². The maximum atomic E-state index is 10.9. The van der Waals surface area contributed by atoms with Crippen LogP contribution in [-0.4, -0.2) is 47.0 Å². The Morgan fingerprint density at radius 3 is 2.25 bits per heavy atom.